The van der Waals surface area contributed by atoms with Crippen LogP contribution in [0.3, 0.4) is 0 Å². The van der Waals surface area contributed by atoms with Gasteiger partial charge >= 0.3 is 0 Å². The Labute approximate surface area is 115 Å². The number of hydrogen-bond acceptors (Lipinski definition) is 3. The Kier molecular flexibility index (Phi) is 6.19. The first-order chi connectivity index (χ1) is 9.10. The number of methoxy groups -OCH3 is 1. The minimum Gasteiger partial charge on any atom is -0.494 e. The van der Waals surface area contributed by atoms with Crippen LogP contribution in [0.25, 0.3) is 0 Å². The maximum atomic E-state index is 11.9. The molecule has 1 N–H and O–H groups in total. The smallest absolute Gasteiger partial charge is 0.224 e. The molecule has 1 aromatic carbocycles. The van der Waals surface area contributed by atoms with E-state index in [4.69, 9.17) is 4.74 Å². The molecule has 0 saturated carbocycles. The van der Waals surface area contributed by atoms with E-state index >= 15 is 0 Å². The fraction of sp³-hybridized carbons (Fsp3) is 0.533. The molecule has 0 aliphatic heterocycles. The van der Waals surface area contributed by atoms with Crippen molar-refractivity contribution >= 4 is 17.3 Å². The van der Waals surface area contributed by atoms with Crippen molar-refractivity contribution in [2.45, 2.75) is 32.6 Å². The van der Waals surface area contributed by atoms with Gasteiger partial charge in [-0.1, -0.05) is 25.8 Å². The number of benzene rings is 1. The number of amides is 1. The molecular formula is C15H24N2O2. The second-order valence-corrected chi connectivity index (χ2v) is 4.75. The highest BCUT2D eigenvalue weighted by molar-refractivity contribution is 5.96. The molecule has 0 heterocycles. The molecule has 0 spiro atoms. The van der Waals surface area contributed by atoms with Crippen molar-refractivity contribution < 1.29 is 9.53 Å². The largest absolute Gasteiger partial charge is 0.494 e. The Morgan fingerprint density at radius 1 is 1.32 bits per heavy atom. The number of ether oxygens (including phenoxy) is 1. The van der Waals surface area contributed by atoms with E-state index < -0.39 is 0 Å². The number of carbonyl (C=O) groups excluding carboxylic acids is 1. The Morgan fingerprint density at radius 3 is 2.63 bits per heavy atom. The molecule has 0 fully saturated rings. The second kappa shape index (κ2) is 7.67. The Hall–Kier alpha value is -1.71. The van der Waals surface area contributed by atoms with Crippen molar-refractivity contribution in [1.82, 2.24) is 0 Å². The van der Waals surface area contributed by atoms with Crippen molar-refractivity contribution in [2.75, 3.05) is 31.4 Å². The van der Waals surface area contributed by atoms with Crippen LogP contribution in [0.15, 0.2) is 18.2 Å². The summed E-state index contributed by atoms with van der Waals surface area (Å²) < 4.78 is 5.32. The zero-order valence-corrected chi connectivity index (χ0v) is 12.3. The normalized spacial score (nSPS) is 10.1. The average Bonchev–Trinajstić information content (AvgIpc) is 2.39. The van der Waals surface area contributed by atoms with Crippen LogP contribution in [0.5, 0.6) is 5.75 Å². The fourth-order valence-electron chi connectivity index (χ4n) is 1.93. The van der Waals surface area contributed by atoms with E-state index in [1.807, 2.05) is 37.2 Å². The lowest BCUT2D eigenvalue weighted by atomic mass is 10.2. The Bertz CT molecular complexity index is 417. The highest BCUT2D eigenvalue weighted by atomic mass is 16.5. The van der Waals surface area contributed by atoms with Crippen molar-refractivity contribution in [3.05, 3.63) is 18.2 Å². The maximum absolute atomic E-state index is 11.9. The molecule has 4 heteroatoms. The molecule has 0 aromatic heterocycles. The molecule has 1 aromatic rings. The number of nitrogens with zero attached hydrogens (tertiary/aromatic N) is 1. The minimum atomic E-state index is 0.0426. The summed E-state index contributed by atoms with van der Waals surface area (Å²) in [7, 11) is 5.50. The van der Waals surface area contributed by atoms with E-state index in [2.05, 4.69) is 12.2 Å². The predicted octanol–water partition coefficient (Wildman–Crippen LogP) is 3.28. The SMILES string of the molecule is CCCCCC(=O)Nc1c(OC)cccc1N(C)C. The van der Waals surface area contributed by atoms with Crippen LogP contribution in [0.1, 0.15) is 32.6 Å². The number of anilines is 2. The average molecular weight is 264 g/mol. The number of nitrogens with one attached hydrogen (secondary N) is 1. The summed E-state index contributed by atoms with van der Waals surface area (Å²) in [6.45, 7) is 2.13. The van der Waals surface area contributed by atoms with Gasteiger partial charge in [0.25, 0.3) is 0 Å². The van der Waals surface area contributed by atoms with Crippen molar-refractivity contribution in [1.29, 1.82) is 0 Å². The van der Waals surface area contributed by atoms with Gasteiger partial charge in [0.05, 0.1) is 12.8 Å². The number of unbranched alkanes of at least 4 members (excludes halogenated alkanes) is 2. The summed E-state index contributed by atoms with van der Waals surface area (Å²) in [6.07, 6.45) is 3.68. The lowest BCUT2D eigenvalue weighted by Gasteiger charge is -2.20. The van der Waals surface area contributed by atoms with E-state index in [0.29, 0.717) is 12.2 Å². The molecule has 0 bridgehead atoms. The highest BCUT2D eigenvalue weighted by Crippen LogP contribution is 2.34. The molecule has 0 radical (unpaired) electrons. The van der Waals surface area contributed by atoms with Crippen LogP contribution in [0, 0.1) is 0 Å². The summed E-state index contributed by atoms with van der Waals surface area (Å²) in [5.74, 6) is 0.732. The van der Waals surface area contributed by atoms with Crippen molar-refractivity contribution in [3.63, 3.8) is 0 Å². The van der Waals surface area contributed by atoms with Gasteiger partial charge in [-0.3, -0.25) is 4.79 Å². The summed E-state index contributed by atoms with van der Waals surface area (Å²) in [4.78, 5) is 13.9. The first-order valence-electron chi connectivity index (χ1n) is 6.74. The monoisotopic (exact) mass is 264 g/mol. The molecule has 19 heavy (non-hydrogen) atoms. The van der Waals surface area contributed by atoms with E-state index in [9.17, 15) is 4.79 Å². The number of para-hydroxylation sites is 1. The molecule has 1 rings (SSSR count). The molecular weight excluding hydrogens is 240 g/mol. The topological polar surface area (TPSA) is 41.6 Å². The number of carbonyl (C=O) groups is 1. The van der Waals surface area contributed by atoms with Crippen LogP contribution >= 0.6 is 0 Å². The zero-order valence-electron chi connectivity index (χ0n) is 12.3. The molecule has 0 aliphatic carbocycles. The van der Waals surface area contributed by atoms with E-state index in [-0.39, 0.29) is 5.91 Å². The Balaban J connectivity index is 2.83. The first kappa shape index (κ1) is 15.3. The van der Waals surface area contributed by atoms with Gasteiger partial charge < -0.3 is 15.0 Å². The second-order valence-electron chi connectivity index (χ2n) is 4.75. The van der Waals surface area contributed by atoms with E-state index in [1.165, 1.54) is 0 Å². The fourth-order valence-corrected chi connectivity index (χ4v) is 1.93. The summed E-state index contributed by atoms with van der Waals surface area (Å²) in [5.41, 5.74) is 1.69. The van der Waals surface area contributed by atoms with Crippen LogP contribution in [-0.4, -0.2) is 27.1 Å². The molecule has 0 aliphatic rings. The zero-order chi connectivity index (χ0) is 14.3. The Morgan fingerprint density at radius 2 is 2.05 bits per heavy atom. The molecule has 106 valence electrons. The van der Waals surface area contributed by atoms with Crippen LogP contribution in [-0.2, 0) is 4.79 Å². The lowest BCUT2D eigenvalue weighted by Crippen LogP contribution is -2.17. The van der Waals surface area contributed by atoms with Crippen LogP contribution in [0.4, 0.5) is 11.4 Å². The molecule has 0 atom stereocenters. The third-order valence-electron chi connectivity index (χ3n) is 2.98. The van der Waals surface area contributed by atoms with E-state index in [0.717, 1.165) is 30.6 Å². The lowest BCUT2D eigenvalue weighted by molar-refractivity contribution is -0.116. The van der Waals surface area contributed by atoms with Crippen LogP contribution < -0.4 is 15.0 Å². The van der Waals surface area contributed by atoms with Crippen molar-refractivity contribution in [3.8, 4) is 5.75 Å². The number of rotatable bonds is 7. The van der Waals surface area contributed by atoms with Gasteiger partial charge in [-0.2, -0.15) is 0 Å². The molecule has 4 nitrogen and oxygen atoms in total. The summed E-state index contributed by atoms with van der Waals surface area (Å²) in [6, 6.07) is 5.74. The summed E-state index contributed by atoms with van der Waals surface area (Å²) in [5, 5.41) is 2.96. The van der Waals surface area contributed by atoms with Gasteiger partial charge in [-0.05, 0) is 18.6 Å². The first-order valence-corrected chi connectivity index (χ1v) is 6.74. The number of hydrogen-bond donors (Lipinski definition) is 1. The minimum absolute atomic E-state index is 0.0426. The van der Waals surface area contributed by atoms with Crippen LogP contribution in [0.2, 0.25) is 0 Å². The van der Waals surface area contributed by atoms with Gasteiger partial charge in [-0.15, -0.1) is 0 Å². The predicted molar refractivity (Wildman–Crippen MR) is 80.1 cm³/mol. The quantitative estimate of drug-likeness (QED) is 0.768. The van der Waals surface area contributed by atoms with Gasteiger partial charge in [0, 0.05) is 20.5 Å². The van der Waals surface area contributed by atoms with Gasteiger partial charge in [-0.25, -0.2) is 0 Å². The molecule has 0 saturated heterocycles. The third-order valence-corrected chi connectivity index (χ3v) is 2.98. The van der Waals surface area contributed by atoms with Gasteiger partial charge in [0.1, 0.15) is 11.4 Å². The highest BCUT2D eigenvalue weighted by Gasteiger charge is 2.13. The molecule has 0 unspecified atom stereocenters. The standard InChI is InChI=1S/C15H24N2O2/c1-5-6-7-11-14(18)16-15-12(17(2)3)9-8-10-13(15)19-4/h8-10H,5-7,11H2,1-4H3,(H,16,18). The van der Waals surface area contributed by atoms with E-state index in [1.54, 1.807) is 7.11 Å². The van der Waals surface area contributed by atoms with Gasteiger partial charge in [0.2, 0.25) is 5.91 Å². The van der Waals surface area contributed by atoms with Crippen molar-refractivity contribution in [2.24, 2.45) is 0 Å². The van der Waals surface area contributed by atoms with Gasteiger partial charge in [0.15, 0.2) is 0 Å². The molecule has 1 amide bonds. The third kappa shape index (κ3) is 4.47. The summed E-state index contributed by atoms with van der Waals surface area (Å²) >= 11 is 0. The maximum Gasteiger partial charge on any atom is 0.224 e.